The highest BCUT2D eigenvalue weighted by Crippen LogP contribution is 2.20. The molecule has 0 aliphatic rings. The molecule has 3 aromatic carbocycles. The van der Waals surface area contributed by atoms with Crippen LogP contribution in [-0.2, 0) is 9.53 Å². The van der Waals surface area contributed by atoms with Gasteiger partial charge < -0.3 is 9.64 Å². The summed E-state index contributed by atoms with van der Waals surface area (Å²) in [7, 11) is 0. The summed E-state index contributed by atoms with van der Waals surface area (Å²) in [6.45, 7) is 5.44. The average molecular weight is 455 g/mol. The van der Waals surface area contributed by atoms with Crippen molar-refractivity contribution in [3.8, 4) is 6.07 Å². The van der Waals surface area contributed by atoms with E-state index in [0.29, 0.717) is 11.3 Å². The summed E-state index contributed by atoms with van der Waals surface area (Å²) >= 11 is 0. The lowest BCUT2D eigenvalue weighted by Gasteiger charge is -2.22. The van der Waals surface area contributed by atoms with E-state index in [0.717, 1.165) is 16.7 Å². The molecule has 0 saturated carbocycles. The molecule has 0 N–H and O–H groups in total. The molecule has 0 spiro atoms. The number of hydrogen-bond acceptors (Lipinski definition) is 5. The number of anilines is 1. The van der Waals surface area contributed by atoms with Gasteiger partial charge in [0.25, 0.3) is 5.91 Å². The number of ketones is 1. The van der Waals surface area contributed by atoms with Gasteiger partial charge in [-0.25, -0.2) is 4.79 Å². The highest BCUT2D eigenvalue weighted by atomic mass is 16.5. The Morgan fingerprint density at radius 3 is 2.09 bits per heavy atom. The largest absolute Gasteiger partial charge is 0.452 e. The van der Waals surface area contributed by atoms with E-state index in [1.54, 1.807) is 30.3 Å². The zero-order chi connectivity index (χ0) is 24.7. The predicted molar refractivity (Wildman–Crippen MR) is 130 cm³/mol. The first-order chi connectivity index (χ1) is 16.3. The number of carbonyl (C=O) groups excluding carboxylic acids is 3. The highest BCUT2D eigenvalue weighted by molar-refractivity contribution is 6.14. The van der Waals surface area contributed by atoms with Crippen molar-refractivity contribution in [1.82, 2.24) is 0 Å². The summed E-state index contributed by atoms with van der Waals surface area (Å²) in [6.07, 6.45) is 0.139. The molecular formula is C28H26N2O4. The molecule has 0 radical (unpaired) electrons. The van der Waals surface area contributed by atoms with Crippen LogP contribution in [-0.4, -0.2) is 30.8 Å². The molecule has 172 valence electrons. The molecule has 0 unspecified atom stereocenters. The molecule has 0 fully saturated rings. The maximum absolute atomic E-state index is 13.0. The van der Waals surface area contributed by atoms with Gasteiger partial charge in [0.1, 0.15) is 0 Å². The van der Waals surface area contributed by atoms with E-state index in [4.69, 9.17) is 10.00 Å². The van der Waals surface area contributed by atoms with Gasteiger partial charge in [0.15, 0.2) is 12.4 Å². The minimum Gasteiger partial charge on any atom is -0.452 e. The molecule has 3 aromatic rings. The molecule has 3 rings (SSSR count). The molecule has 0 aromatic heterocycles. The van der Waals surface area contributed by atoms with E-state index >= 15 is 0 Å². The molecule has 0 aliphatic heterocycles. The molecule has 6 nitrogen and oxygen atoms in total. The Balaban J connectivity index is 1.78. The first-order valence-electron chi connectivity index (χ1n) is 10.9. The van der Waals surface area contributed by atoms with Crippen LogP contribution in [0.2, 0.25) is 0 Å². The maximum Gasteiger partial charge on any atom is 0.339 e. The second-order valence-corrected chi connectivity index (χ2v) is 8.12. The van der Waals surface area contributed by atoms with Crippen LogP contribution in [0.25, 0.3) is 0 Å². The second kappa shape index (κ2) is 11.1. The van der Waals surface area contributed by atoms with Crippen molar-refractivity contribution in [1.29, 1.82) is 5.26 Å². The second-order valence-electron chi connectivity index (χ2n) is 8.12. The van der Waals surface area contributed by atoms with E-state index in [2.05, 4.69) is 0 Å². The fourth-order valence-corrected chi connectivity index (χ4v) is 3.67. The minimum absolute atomic E-state index is 0.0934. The van der Waals surface area contributed by atoms with Gasteiger partial charge in [0, 0.05) is 23.4 Å². The lowest BCUT2D eigenvalue weighted by Crippen LogP contribution is -2.35. The number of carbonyl (C=O) groups is 3. The predicted octanol–water partition coefficient (Wildman–Crippen LogP) is 4.95. The van der Waals surface area contributed by atoms with Gasteiger partial charge in [-0.2, -0.15) is 5.26 Å². The molecule has 0 bridgehead atoms. The minimum atomic E-state index is -0.759. The Labute approximate surface area is 199 Å². The summed E-state index contributed by atoms with van der Waals surface area (Å²) in [4.78, 5) is 40.2. The van der Waals surface area contributed by atoms with Crippen LogP contribution in [0.15, 0.2) is 66.7 Å². The van der Waals surface area contributed by atoms with Gasteiger partial charge in [-0.1, -0.05) is 54.1 Å². The average Bonchev–Trinajstić information content (AvgIpc) is 2.82. The first kappa shape index (κ1) is 24.4. The molecule has 0 atom stereocenters. The number of aryl methyl sites for hydroxylation is 3. The Bertz CT molecular complexity index is 1240. The molecule has 1 amide bonds. The maximum atomic E-state index is 13.0. The van der Waals surface area contributed by atoms with Gasteiger partial charge >= 0.3 is 5.97 Å². The number of nitriles is 1. The Morgan fingerprint density at radius 2 is 1.47 bits per heavy atom. The van der Waals surface area contributed by atoms with Crippen LogP contribution in [0.1, 0.15) is 49.4 Å². The molecule has 0 aliphatic carbocycles. The van der Waals surface area contributed by atoms with Gasteiger partial charge in [-0.3, -0.25) is 9.59 Å². The van der Waals surface area contributed by atoms with Crippen molar-refractivity contribution < 1.29 is 19.1 Å². The quantitative estimate of drug-likeness (QED) is 0.355. The topological polar surface area (TPSA) is 87.5 Å². The van der Waals surface area contributed by atoms with Crippen LogP contribution >= 0.6 is 0 Å². The number of rotatable bonds is 8. The van der Waals surface area contributed by atoms with Crippen molar-refractivity contribution in [2.45, 2.75) is 27.2 Å². The monoisotopic (exact) mass is 454 g/mol. The number of benzene rings is 3. The van der Waals surface area contributed by atoms with Gasteiger partial charge in [-0.15, -0.1) is 0 Å². The zero-order valence-electron chi connectivity index (χ0n) is 19.5. The fraction of sp³-hybridized carbons (Fsp3) is 0.214. The van der Waals surface area contributed by atoms with Gasteiger partial charge in [0.2, 0.25) is 0 Å². The summed E-state index contributed by atoms with van der Waals surface area (Å²) in [5.74, 6) is -1.51. The van der Waals surface area contributed by atoms with Crippen LogP contribution in [0, 0.1) is 32.1 Å². The van der Waals surface area contributed by atoms with Crippen molar-refractivity contribution in [2.24, 2.45) is 0 Å². The van der Waals surface area contributed by atoms with Crippen molar-refractivity contribution >= 4 is 23.3 Å². The van der Waals surface area contributed by atoms with E-state index in [1.165, 1.54) is 11.0 Å². The highest BCUT2D eigenvalue weighted by Gasteiger charge is 2.22. The number of nitrogens with zero attached hydrogens (tertiary/aromatic N) is 2. The standard InChI is InChI=1S/C28H26N2O4/c1-19-9-11-22(12-10-19)27(32)24-7-4-5-8-25(24)28(33)34-18-26(31)30(14-6-13-29)23-16-20(2)15-21(3)17-23/h4-5,7-12,15-17H,6,14,18H2,1-3H3. The smallest absolute Gasteiger partial charge is 0.339 e. The lowest BCUT2D eigenvalue weighted by molar-refractivity contribution is -0.121. The summed E-state index contributed by atoms with van der Waals surface area (Å²) in [5, 5.41) is 9.01. The van der Waals surface area contributed by atoms with Crippen LogP contribution in [0.4, 0.5) is 5.69 Å². The first-order valence-corrected chi connectivity index (χ1v) is 10.9. The normalized spacial score (nSPS) is 10.3. The fourth-order valence-electron chi connectivity index (χ4n) is 3.67. The van der Waals surface area contributed by atoms with Crippen molar-refractivity contribution in [3.05, 3.63) is 100 Å². The summed E-state index contributed by atoms with van der Waals surface area (Å²) in [5.41, 5.74) is 4.38. The molecular weight excluding hydrogens is 428 g/mol. The number of amides is 1. The lowest BCUT2D eigenvalue weighted by atomic mass is 9.98. The van der Waals surface area contributed by atoms with E-state index in [-0.39, 0.29) is 29.9 Å². The Hall–Kier alpha value is -4.24. The molecule has 34 heavy (non-hydrogen) atoms. The molecule has 0 saturated heterocycles. The van der Waals surface area contributed by atoms with E-state index in [1.807, 2.05) is 57.2 Å². The third kappa shape index (κ3) is 5.96. The van der Waals surface area contributed by atoms with E-state index < -0.39 is 18.5 Å². The summed E-state index contributed by atoms with van der Waals surface area (Å²) < 4.78 is 5.31. The van der Waals surface area contributed by atoms with Gasteiger partial charge in [-0.05, 0) is 50.1 Å². The molecule has 6 heteroatoms. The zero-order valence-corrected chi connectivity index (χ0v) is 19.5. The Morgan fingerprint density at radius 1 is 0.853 bits per heavy atom. The summed E-state index contributed by atoms with van der Waals surface area (Å²) in [6, 6.07) is 21.2. The van der Waals surface area contributed by atoms with Crippen molar-refractivity contribution in [3.63, 3.8) is 0 Å². The van der Waals surface area contributed by atoms with E-state index in [9.17, 15) is 14.4 Å². The van der Waals surface area contributed by atoms with Crippen LogP contribution in [0.3, 0.4) is 0 Å². The number of esters is 1. The Kier molecular flexibility index (Phi) is 7.94. The molecule has 0 heterocycles. The van der Waals surface area contributed by atoms with Crippen LogP contribution in [0.5, 0.6) is 0 Å². The van der Waals surface area contributed by atoms with Crippen molar-refractivity contribution in [2.75, 3.05) is 18.1 Å². The third-order valence-corrected chi connectivity index (χ3v) is 5.30. The number of ether oxygens (including phenoxy) is 1. The van der Waals surface area contributed by atoms with Gasteiger partial charge in [0.05, 0.1) is 18.1 Å². The third-order valence-electron chi connectivity index (χ3n) is 5.30. The SMILES string of the molecule is Cc1ccc(C(=O)c2ccccc2C(=O)OCC(=O)N(CCC#N)c2cc(C)cc(C)c2)cc1. The van der Waals surface area contributed by atoms with Crippen LogP contribution < -0.4 is 4.90 Å². The number of hydrogen-bond donors (Lipinski definition) is 0.